The second kappa shape index (κ2) is 1.98. The van der Waals surface area contributed by atoms with E-state index in [1.165, 1.54) is 38.5 Å². The third kappa shape index (κ3) is 1.04. The zero-order chi connectivity index (χ0) is 6.32. The summed E-state index contributed by atoms with van der Waals surface area (Å²) in [5.74, 6) is 1.08. The maximum atomic E-state index is 3.84. The molecule has 0 aromatic heterocycles. The van der Waals surface area contributed by atoms with Gasteiger partial charge in [0.05, 0.1) is 0 Å². The van der Waals surface area contributed by atoms with Crippen molar-refractivity contribution in [3.8, 4) is 0 Å². The van der Waals surface area contributed by atoms with E-state index < -0.39 is 0 Å². The number of fused-ring (bicyclic) bond motifs is 2. The molecule has 2 rings (SSSR count). The molecule has 0 heterocycles. The molecule has 9 heavy (non-hydrogen) atoms. The van der Waals surface area contributed by atoms with Gasteiger partial charge in [0.15, 0.2) is 0 Å². The molecule has 2 aliphatic carbocycles. The summed E-state index contributed by atoms with van der Waals surface area (Å²) in [5.41, 5.74) is 0. The lowest BCUT2D eigenvalue weighted by Gasteiger charge is -2.26. The van der Waals surface area contributed by atoms with E-state index in [1.807, 2.05) is 0 Å². The highest BCUT2D eigenvalue weighted by Crippen LogP contribution is 2.50. The number of hydrogen-bond acceptors (Lipinski definition) is 0. The average Bonchev–Trinajstić information content (AvgIpc) is 2.07. The van der Waals surface area contributed by atoms with Crippen LogP contribution in [0.1, 0.15) is 38.5 Å². The first kappa shape index (κ1) is 6.21. The first-order chi connectivity index (χ1) is 4.29. The van der Waals surface area contributed by atoms with Crippen LogP contribution in [0.25, 0.3) is 0 Å². The SMILES string of the molecule is BrC12CCCC(CC1)C2. The van der Waals surface area contributed by atoms with Crippen LogP contribution in [-0.2, 0) is 0 Å². The van der Waals surface area contributed by atoms with Crippen molar-refractivity contribution >= 4 is 15.9 Å². The second-order valence-corrected chi connectivity index (χ2v) is 5.33. The largest absolute Gasteiger partial charge is 0.0853 e. The van der Waals surface area contributed by atoms with Gasteiger partial charge in [0.25, 0.3) is 0 Å². The van der Waals surface area contributed by atoms with Crippen LogP contribution in [0.5, 0.6) is 0 Å². The fraction of sp³-hybridized carbons (Fsp3) is 1.00. The number of hydrogen-bond donors (Lipinski definition) is 0. The molecule has 0 saturated heterocycles. The van der Waals surface area contributed by atoms with Crippen LogP contribution >= 0.6 is 15.9 Å². The first-order valence-corrected chi connectivity index (χ1v) is 4.77. The maximum absolute atomic E-state index is 3.84. The normalized spacial score (nSPS) is 49.7. The van der Waals surface area contributed by atoms with E-state index in [9.17, 15) is 0 Å². The van der Waals surface area contributed by atoms with Crippen LogP contribution in [-0.4, -0.2) is 4.32 Å². The molecule has 0 aromatic carbocycles. The molecule has 52 valence electrons. The van der Waals surface area contributed by atoms with Gasteiger partial charge < -0.3 is 0 Å². The van der Waals surface area contributed by atoms with Crippen molar-refractivity contribution in [2.24, 2.45) is 5.92 Å². The molecule has 0 N–H and O–H groups in total. The Balaban J connectivity index is 2.13. The molecule has 0 aromatic rings. The van der Waals surface area contributed by atoms with Crippen molar-refractivity contribution in [1.82, 2.24) is 0 Å². The Morgan fingerprint density at radius 1 is 1.22 bits per heavy atom. The summed E-state index contributed by atoms with van der Waals surface area (Å²) >= 11 is 3.84. The van der Waals surface area contributed by atoms with Crippen molar-refractivity contribution in [3.63, 3.8) is 0 Å². The molecular weight excluding hydrogens is 176 g/mol. The van der Waals surface area contributed by atoms with Crippen LogP contribution in [0.15, 0.2) is 0 Å². The van der Waals surface area contributed by atoms with Gasteiger partial charge in [-0.15, -0.1) is 0 Å². The third-order valence-electron chi connectivity index (χ3n) is 2.89. The first-order valence-electron chi connectivity index (χ1n) is 3.97. The highest BCUT2D eigenvalue weighted by atomic mass is 79.9. The van der Waals surface area contributed by atoms with E-state index in [4.69, 9.17) is 0 Å². The number of rotatable bonds is 0. The molecule has 0 spiro atoms. The summed E-state index contributed by atoms with van der Waals surface area (Å²) in [6, 6.07) is 0. The predicted octanol–water partition coefficient (Wildman–Crippen LogP) is 3.10. The van der Waals surface area contributed by atoms with E-state index in [1.54, 1.807) is 0 Å². The van der Waals surface area contributed by atoms with Crippen molar-refractivity contribution in [1.29, 1.82) is 0 Å². The fourth-order valence-electron chi connectivity index (χ4n) is 2.37. The van der Waals surface area contributed by atoms with Crippen LogP contribution in [0, 0.1) is 5.92 Å². The van der Waals surface area contributed by atoms with Gasteiger partial charge in [0, 0.05) is 4.32 Å². The summed E-state index contributed by atoms with van der Waals surface area (Å²) in [6.45, 7) is 0. The minimum Gasteiger partial charge on any atom is -0.0853 e. The van der Waals surface area contributed by atoms with Gasteiger partial charge in [-0.05, 0) is 31.6 Å². The second-order valence-electron chi connectivity index (χ2n) is 3.65. The van der Waals surface area contributed by atoms with Crippen LogP contribution < -0.4 is 0 Å². The molecule has 2 atom stereocenters. The maximum Gasteiger partial charge on any atom is 0.0260 e. The van der Waals surface area contributed by atoms with Gasteiger partial charge in [-0.3, -0.25) is 0 Å². The minimum atomic E-state index is 0.607. The molecule has 0 nitrogen and oxygen atoms in total. The molecule has 2 aliphatic rings. The highest BCUT2D eigenvalue weighted by molar-refractivity contribution is 9.10. The lowest BCUT2D eigenvalue weighted by Crippen LogP contribution is -2.19. The zero-order valence-corrected chi connectivity index (χ0v) is 7.28. The zero-order valence-electron chi connectivity index (χ0n) is 5.70. The van der Waals surface area contributed by atoms with Crippen molar-refractivity contribution in [3.05, 3.63) is 0 Å². The third-order valence-corrected chi connectivity index (χ3v) is 4.01. The Hall–Kier alpha value is 0.480. The summed E-state index contributed by atoms with van der Waals surface area (Å²) in [7, 11) is 0. The fourth-order valence-corrected chi connectivity index (χ4v) is 3.33. The molecular formula is C8H13Br. The van der Waals surface area contributed by atoms with Crippen LogP contribution in [0.3, 0.4) is 0 Å². The lowest BCUT2D eigenvalue weighted by atomic mass is 9.89. The van der Waals surface area contributed by atoms with Crippen LogP contribution in [0.2, 0.25) is 0 Å². The summed E-state index contributed by atoms with van der Waals surface area (Å²) < 4.78 is 0.607. The number of halogens is 1. The van der Waals surface area contributed by atoms with E-state index in [2.05, 4.69) is 15.9 Å². The summed E-state index contributed by atoms with van der Waals surface area (Å²) in [5, 5.41) is 0. The van der Waals surface area contributed by atoms with Gasteiger partial charge in [-0.2, -0.15) is 0 Å². The number of alkyl halides is 1. The van der Waals surface area contributed by atoms with E-state index in [0.29, 0.717) is 4.32 Å². The summed E-state index contributed by atoms with van der Waals surface area (Å²) in [6.07, 6.45) is 8.81. The van der Waals surface area contributed by atoms with E-state index in [-0.39, 0.29) is 0 Å². The van der Waals surface area contributed by atoms with Crippen molar-refractivity contribution in [2.75, 3.05) is 0 Å². The van der Waals surface area contributed by atoms with Gasteiger partial charge in [-0.1, -0.05) is 28.8 Å². The molecule has 1 heteroatoms. The Labute approximate surface area is 65.1 Å². The van der Waals surface area contributed by atoms with E-state index in [0.717, 1.165) is 5.92 Å². The molecule has 2 fully saturated rings. The van der Waals surface area contributed by atoms with Gasteiger partial charge in [0.1, 0.15) is 0 Å². The Kier molecular flexibility index (Phi) is 1.37. The van der Waals surface area contributed by atoms with Gasteiger partial charge in [-0.25, -0.2) is 0 Å². The molecule has 2 unspecified atom stereocenters. The highest BCUT2D eigenvalue weighted by Gasteiger charge is 2.39. The van der Waals surface area contributed by atoms with Crippen LogP contribution in [0.4, 0.5) is 0 Å². The standard InChI is InChI=1S/C8H13Br/c9-8-4-1-2-7(6-8)3-5-8/h7H,1-6H2. The van der Waals surface area contributed by atoms with Gasteiger partial charge in [0.2, 0.25) is 0 Å². The predicted molar refractivity (Wildman–Crippen MR) is 42.9 cm³/mol. The Morgan fingerprint density at radius 2 is 2.11 bits per heavy atom. The Morgan fingerprint density at radius 3 is 2.78 bits per heavy atom. The van der Waals surface area contributed by atoms with Crippen molar-refractivity contribution in [2.45, 2.75) is 42.8 Å². The molecule has 2 bridgehead atoms. The van der Waals surface area contributed by atoms with E-state index >= 15 is 0 Å². The summed E-state index contributed by atoms with van der Waals surface area (Å²) in [4.78, 5) is 0. The average molecular weight is 189 g/mol. The molecule has 0 amide bonds. The quantitative estimate of drug-likeness (QED) is 0.513. The molecule has 2 saturated carbocycles. The molecule has 0 aliphatic heterocycles. The van der Waals surface area contributed by atoms with Crippen molar-refractivity contribution < 1.29 is 0 Å². The minimum absolute atomic E-state index is 0.607. The monoisotopic (exact) mass is 188 g/mol. The topological polar surface area (TPSA) is 0 Å². The van der Waals surface area contributed by atoms with Gasteiger partial charge >= 0.3 is 0 Å². The Bertz CT molecular complexity index is 118. The smallest absolute Gasteiger partial charge is 0.0260 e. The molecule has 0 radical (unpaired) electrons. The lowest BCUT2D eigenvalue weighted by molar-refractivity contribution is 0.390.